The van der Waals surface area contributed by atoms with E-state index in [1.165, 1.54) is 24.4 Å². The van der Waals surface area contributed by atoms with Gasteiger partial charge in [0.2, 0.25) is 0 Å². The first kappa shape index (κ1) is 15.7. The number of anilines is 1. The van der Waals surface area contributed by atoms with Crippen molar-refractivity contribution >= 4 is 16.5 Å². The van der Waals surface area contributed by atoms with Crippen LogP contribution in [0.4, 0.5) is 5.13 Å². The van der Waals surface area contributed by atoms with Crippen molar-refractivity contribution in [1.82, 2.24) is 15.2 Å². The maximum Gasteiger partial charge on any atom is 0.185 e. The van der Waals surface area contributed by atoms with Crippen LogP contribution in [-0.2, 0) is 6.54 Å². The van der Waals surface area contributed by atoms with Crippen LogP contribution in [0, 0.1) is 11.8 Å². The molecule has 1 aliphatic heterocycles. The minimum Gasteiger partial charge on any atom is -0.351 e. The maximum absolute atomic E-state index is 4.57. The van der Waals surface area contributed by atoms with Crippen LogP contribution in [-0.4, -0.2) is 50.2 Å². The van der Waals surface area contributed by atoms with Gasteiger partial charge in [-0.3, -0.25) is 0 Å². The molecule has 1 fully saturated rings. The monoisotopic (exact) mass is 296 g/mol. The number of hydrogen-bond donors (Lipinski definition) is 1. The van der Waals surface area contributed by atoms with Crippen LogP contribution in [0.5, 0.6) is 0 Å². The molecule has 0 aliphatic carbocycles. The highest BCUT2D eigenvalue weighted by atomic mass is 32.1. The van der Waals surface area contributed by atoms with Gasteiger partial charge < -0.3 is 15.1 Å². The second-order valence-corrected chi connectivity index (χ2v) is 7.53. The topological polar surface area (TPSA) is 31.4 Å². The van der Waals surface area contributed by atoms with E-state index in [0.717, 1.165) is 30.7 Å². The van der Waals surface area contributed by atoms with Gasteiger partial charge in [-0.15, -0.1) is 11.3 Å². The fraction of sp³-hybridized carbons (Fsp3) is 0.800. The first-order valence-corrected chi connectivity index (χ1v) is 8.41. The van der Waals surface area contributed by atoms with Gasteiger partial charge in [0.05, 0.1) is 0 Å². The van der Waals surface area contributed by atoms with Gasteiger partial charge in [0.15, 0.2) is 5.13 Å². The zero-order valence-corrected chi connectivity index (χ0v) is 14.0. The molecule has 0 spiro atoms. The average molecular weight is 296 g/mol. The van der Waals surface area contributed by atoms with Gasteiger partial charge in [0.25, 0.3) is 0 Å². The van der Waals surface area contributed by atoms with Crippen LogP contribution in [0.15, 0.2) is 6.20 Å². The third kappa shape index (κ3) is 4.72. The molecule has 1 saturated heterocycles. The molecule has 0 saturated carbocycles. The van der Waals surface area contributed by atoms with Gasteiger partial charge in [0.1, 0.15) is 0 Å². The van der Waals surface area contributed by atoms with Crippen molar-refractivity contribution < 1.29 is 0 Å². The minimum absolute atomic E-state index is 0.699. The summed E-state index contributed by atoms with van der Waals surface area (Å²) in [6, 6.07) is 0. The van der Waals surface area contributed by atoms with E-state index in [9.17, 15) is 0 Å². The summed E-state index contributed by atoms with van der Waals surface area (Å²) in [7, 11) is 4.38. The second-order valence-electron chi connectivity index (χ2n) is 6.43. The van der Waals surface area contributed by atoms with Crippen molar-refractivity contribution in [3.63, 3.8) is 0 Å². The smallest absolute Gasteiger partial charge is 0.185 e. The first-order chi connectivity index (χ1) is 9.54. The van der Waals surface area contributed by atoms with E-state index in [4.69, 9.17) is 0 Å². The van der Waals surface area contributed by atoms with Gasteiger partial charge in [-0.1, -0.05) is 13.8 Å². The SMILES string of the molecule is CC(C)CNCc1cnc(N(C)CC2CCN(C)C2)s1. The molecule has 1 aromatic rings. The summed E-state index contributed by atoms with van der Waals surface area (Å²) < 4.78 is 0. The predicted octanol–water partition coefficient (Wildman–Crippen LogP) is 2.28. The highest BCUT2D eigenvalue weighted by molar-refractivity contribution is 7.15. The van der Waals surface area contributed by atoms with E-state index in [1.54, 1.807) is 0 Å². The molecule has 0 bridgehead atoms. The van der Waals surface area contributed by atoms with Crippen LogP contribution in [0.25, 0.3) is 0 Å². The van der Waals surface area contributed by atoms with Crippen LogP contribution in [0.1, 0.15) is 25.1 Å². The largest absolute Gasteiger partial charge is 0.351 e. The van der Waals surface area contributed by atoms with E-state index < -0.39 is 0 Å². The lowest BCUT2D eigenvalue weighted by molar-refractivity contribution is 0.396. The van der Waals surface area contributed by atoms with E-state index >= 15 is 0 Å². The molecular formula is C15H28N4S. The highest BCUT2D eigenvalue weighted by Gasteiger charge is 2.21. The molecule has 0 amide bonds. The quantitative estimate of drug-likeness (QED) is 0.836. The summed E-state index contributed by atoms with van der Waals surface area (Å²) in [4.78, 5) is 10.6. The Bertz CT molecular complexity index is 404. The zero-order chi connectivity index (χ0) is 14.5. The third-order valence-corrected chi connectivity index (χ3v) is 4.85. The Morgan fingerprint density at radius 3 is 3.00 bits per heavy atom. The summed E-state index contributed by atoms with van der Waals surface area (Å²) in [6.45, 7) is 10.1. The summed E-state index contributed by atoms with van der Waals surface area (Å²) in [5, 5.41) is 4.63. The average Bonchev–Trinajstić information content (AvgIpc) is 2.98. The van der Waals surface area contributed by atoms with E-state index in [-0.39, 0.29) is 0 Å². The minimum atomic E-state index is 0.699. The van der Waals surface area contributed by atoms with Crippen molar-refractivity contribution in [1.29, 1.82) is 0 Å². The molecule has 4 nitrogen and oxygen atoms in total. The van der Waals surface area contributed by atoms with Gasteiger partial charge in [0, 0.05) is 37.8 Å². The van der Waals surface area contributed by atoms with Crippen LogP contribution >= 0.6 is 11.3 Å². The van der Waals surface area contributed by atoms with Crippen molar-refractivity contribution in [3.8, 4) is 0 Å². The Kier molecular flexibility index (Phi) is 5.81. The number of hydrogen-bond acceptors (Lipinski definition) is 5. The lowest BCUT2D eigenvalue weighted by Crippen LogP contribution is -2.27. The Balaban J connectivity index is 1.78. The number of rotatable bonds is 7. The van der Waals surface area contributed by atoms with Crippen molar-refractivity contribution in [2.75, 3.05) is 45.2 Å². The number of thiazole rings is 1. The molecule has 5 heteroatoms. The summed E-state index contributed by atoms with van der Waals surface area (Å²) in [6.07, 6.45) is 3.33. The second kappa shape index (κ2) is 7.38. The molecule has 1 aliphatic rings. The first-order valence-electron chi connectivity index (χ1n) is 7.59. The van der Waals surface area contributed by atoms with Crippen LogP contribution in [0.2, 0.25) is 0 Å². The standard InChI is InChI=1S/C15H28N4S/c1-12(2)7-16-8-14-9-17-15(20-14)19(4)11-13-5-6-18(3)10-13/h9,12-13,16H,5-8,10-11H2,1-4H3. The Morgan fingerprint density at radius 1 is 1.55 bits per heavy atom. The van der Waals surface area contributed by atoms with E-state index in [0.29, 0.717) is 5.92 Å². The molecule has 1 unspecified atom stereocenters. The number of aromatic nitrogens is 1. The Labute approximate surface area is 127 Å². The molecule has 1 atom stereocenters. The van der Waals surface area contributed by atoms with Crippen molar-refractivity contribution in [3.05, 3.63) is 11.1 Å². The molecule has 114 valence electrons. The summed E-state index contributed by atoms with van der Waals surface area (Å²) >= 11 is 1.82. The Morgan fingerprint density at radius 2 is 2.35 bits per heavy atom. The lowest BCUT2D eigenvalue weighted by atomic mass is 10.1. The van der Waals surface area contributed by atoms with Crippen LogP contribution < -0.4 is 10.2 Å². The van der Waals surface area contributed by atoms with E-state index in [1.807, 2.05) is 17.5 Å². The summed E-state index contributed by atoms with van der Waals surface area (Å²) in [5.41, 5.74) is 0. The summed E-state index contributed by atoms with van der Waals surface area (Å²) in [5.74, 6) is 1.49. The molecule has 0 aromatic carbocycles. The van der Waals surface area contributed by atoms with Crippen LogP contribution in [0.3, 0.4) is 0 Å². The number of nitrogens with zero attached hydrogens (tertiary/aromatic N) is 3. The molecule has 2 rings (SSSR count). The van der Waals surface area contributed by atoms with Crippen molar-refractivity contribution in [2.45, 2.75) is 26.8 Å². The highest BCUT2D eigenvalue weighted by Crippen LogP contribution is 2.24. The molecule has 1 N–H and O–H groups in total. The molecule has 20 heavy (non-hydrogen) atoms. The number of nitrogens with one attached hydrogen (secondary N) is 1. The number of likely N-dealkylation sites (tertiary alicyclic amines) is 1. The normalized spacial score (nSPS) is 19.9. The molecule has 2 heterocycles. The van der Waals surface area contributed by atoms with Crippen molar-refractivity contribution in [2.24, 2.45) is 11.8 Å². The van der Waals surface area contributed by atoms with Gasteiger partial charge in [-0.25, -0.2) is 4.98 Å². The van der Waals surface area contributed by atoms with Gasteiger partial charge in [-0.2, -0.15) is 0 Å². The predicted molar refractivity (Wildman–Crippen MR) is 87.5 cm³/mol. The Hall–Kier alpha value is -0.650. The molecule has 1 aromatic heterocycles. The zero-order valence-electron chi connectivity index (χ0n) is 13.2. The fourth-order valence-electron chi connectivity index (χ4n) is 2.68. The molecular weight excluding hydrogens is 268 g/mol. The molecule has 0 radical (unpaired) electrons. The van der Waals surface area contributed by atoms with Gasteiger partial charge in [-0.05, 0) is 38.4 Å². The van der Waals surface area contributed by atoms with Gasteiger partial charge >= 0.3 is 0 Å². The lowest BCUT2D eigenvalue weighted by Gasteiger charge is -2.20. The maximum atomic E-state index is 4.57. The fourth-order valence-corrected chi connectivity index (χ4v) is 3.53. The van der Waals surface area contributed by atoms with E-state index in [2.05, 4.69) is 48.0 Å². The third-order valence-electron chi connectivity index (χ3n) is 3.74.